The fourth-order valence-electron chi connectivity index (χ4n) is 4.01. The highest BCUT2D eigenvalue weighted by Crippen LogP contribution is 2.28. The molecule has 9 heteroatoms. The third kappa shape index (κ3) is 4.67. The quantitative estimate of drug-likeness (QED) is 0.359. The molecule has 0 amide bonds. The van der Waals surface area contributed by atoms with E-state index in [1.54, 1.807) is 69.0 Å². The fourth-order valence-corrected chi connectivity index (χ4v) is 5.60. The Morgan fingerprint density at radius 1 is 1.12 bits per heavy atom. The Morgan fingerprint density at radius 2 is 1.76 bits per heavy atom. The second kappa shape index (κ2) is 9.90. The molecule has 1 aromatic carbocycles. The van der Waals surface area contributed by atoms with Crippen LogP contribution in [0.15, 0.2) is 53.7 Å². The van der Waals surface area contributed by atoms with Crippen molar-refractivity contribution in [2.45, 2.75) is 45.2 Å². The third-order valence-corrected chi connectivity index (χ3v) is 7.99. The number of carbonyl (C=O) groups is 2. The van der Waals surface area contributed by atoms with Crippen molar-refractivity contribution in [1.82, 2.24) is 13.9 Å². The van der Waals surface area contributed by atoms with Gasteiger partial charge < -0.3 is 9.30 Å². The molecule has 0 saturated heterocycles. The summed E-state index contributed by atoms with van der Waals surface area (Å²) in [6, 6.07) is 8.93. The molecule has 3 aromatic rings. The van der Waals surface area contributed by atoms with Crippen molar-refractivity contribution >= 4 is 21.8 Å². The standard InChI is InChI=1S/C25H29N3O5S/c1-16-9-11-21(12-10-16)34(31,32)28(15-20-8-7-13-26-14-20)19(4)24(29)22-17(2)23(25(30)33-6)27(5)18(22)3/h7-14,19H,15H2,1-6H3. The third-order valence-electron chi connectivity index (χ3n) is 6.06. The fraction of sp³-hybridized carbons (Fsp3) is 0.320. The number of methoxy groups -OCH3 is 1. The van der Waals surface area contributed by atoms with Gasteiger partial charge in [0.2, 0.25) is 10.0 Å². The van der Waals surface area contributed by atoms with Gasteiger partial charge in [-0.1, -0.05) is 23.8 Å². The normalized spacial score (nSPS) is 12.6. The number of rotatable bonds is 8. The van der Waals surface area contributed by atoms with E-state index in [4.69, 9.17) is 4.74 Å². The predicted molar refractivity (Wildman–Crippen MR) is 128 cm³/mol. The molecule has 0 aliphatic carbocycles. The number of nitrogens with zero attached hydrogens (tertiary/aromatic N) is 3. The van der Waals surface area contributed by atoms with Gasteiger partial charge in [-0.3, -0.25) is 9.78 Å². The second-order valence-corrected chi connectivity index (χ2v) is 10.1. The summed E-state index contributed by atoms with van der Waals surface area (Å²) in [6.45, 7) is 6.79. The van der Waals surface area contributed by atoms with Crippen LogP contribution in [0.1, 0.15) is 50.2 Å². The van der Waals surface area contributed by atoms with Crippen LogP contribution in [-0.4, -0.2) is 47.2 Å². The molecular weight excluding hydrogens is 454 g/mol. The number of pyridine rings is 1. The zero-order valence-electron chi connectivity index (χ0n) is 20.2. The monoisotopic (exact) mass is 483 g/mol. The summed E-state index contributed by atoms with van der Waals surface area (Å²) in [7, 11) is -1.08. The van der Waals surface area contributed by atoms with E-state index in [1.165, 1.54) is 23.5 Å². The van der Waals surface area contributed by atoms with Gasteiger partial charge in [0.15, 0.2) is 5.78 Å². The first-order valence-electron chi connectivity index (χ1n) is 10.8. The number of hydrogen-bond acceptors (Lipinski definition) is 6. The molecule has 0 radical (unpaired) electrons. The Morgan fingerprint density at radius 3 is 2.32 bits per heavy atom. The summed E-state index contributed by atoms with van der Waals surface area (Å²) in [6.07, 6.45) is 3.17. The van der Waals surface area contributed by atoms with Gasteiger partial charge in [0, 0.05) is 37.2 Å². The Labute approximate surface area is 200 Å². The molecule has 0 N–H and O–H groups in total. The van der Waals surface area contributed by atoms with E-state index in [0.717, 1.165) is 5.56 Å². The lowest BCUT2D eigenvalue weighted by molar-refractivity contribution is 0.0588. The molecule has 0 saturated carbocycles. The van der Waals surface area contributed by atoms with Gasteiger partial charge in [0.1, 0.15) is 5.69 Å². The maximum absolute atomic E-state index is 13.7. The van der Waals surface area contributed by atoms with Crippen LogP contribution in [0.5, 0.6) is 0 Å². The van der Waals surface area contributed by atoms with Crippen LogP contribution in [0.2, 0.25) is 0 Å². The molecule has 0 aliphatic heterocycles. The van der Waals surface area contributed by atoms with Crippen LogP contribution < -0.4 is 0 Å². The lowest BCUT2D eigenvalue weighted by atomic mass is 10.0. The SMILES string of the molecule is COC(=O)c1c(C)c(C(=O)C(C)N(Cc2cccnc2)S(=O)(=O)c2ccc(C)cc2)c(C)n1C. The molecule has 0 fully saturated rings. The first-order chi connectivity index (χ1) is 16.0. The Bertz CT molecular complexity index is 1310. The van der Waals surface area contributed by atoms with Gasteiger partial charge in [0.25, 0.3) is 0 Å². The average molecular weight is 484 g/mol. The van der Waals surface area contributed by atoms with Gasteiger partial charge >= 0.3 is 5.97 Å². The van der Waals surface area contributed by atoms with E-state index in [0.29, 0.717) is 22.4 Å². The van der Waals surface area contributed by atoms with Crippen molar-refractivity contribution in [2.24, 2.45) is 7.05 Å². The summed E-state index contributed by atoms with van der Waals surface area (Å²) in [5.41, 5.74) is 3.16. The van der Waals surface area contributed by atoms with Crippen LogP contribution >= 0.6 is 0 Å². The molecule has 0 aliphatic rings. The van der Waals surface area contributed by atoms with Crippen molar-refractivity contribution in [2.75, 3.05) is 7.11 Å². The summed E-state index contributed by atoms with van der Waals surface area (Å²) in [5.74, 6) is -0.963. The highest BCUT2D eigenvalue weighted by molar-refractivity contribution is 7.89. The number of hydrogen-bond donors (Lipinski definition) is 0. The topological polar surface area (TPSA) is 98.6 Å². The molecule has 180 valence electrons. The largest absolute Gasteiger partial charge is 0.464 e. The maximum atomic E-state index is 13.7. The number of aromatic nitrogens is 2. The maximum Gasteiger partial charge on any atom is 0.354 e. The van der Waals surface area contributed by atoms with Crippen molar-refractivity contribution in [1.29, 1.82) is 0 Å². The summed E-state index contributed by atoms with van der Waals surface area (Å²) < 4.78 is 35.0. The van der Waals surface area contributed by atoms with Crippen LogP contribution in [-0.2, 0) is 28.4 Å². The average Bonchev–Trinajstić information content (AvgIpc) is 3.04. The van der Waals surface area contributed by atoms with E-state index in [9.17, 15) is 18.0 Å². The highest BCUT2D eigenvalue weighted by Gasteiger charge is 2.36. The summed E-state index contributed by atoms with van der Waals surface area (Å²) >= 11 is 0. The molecule has 2 heterocycles. The molecule has 0 bridgehead atoms. The minimum Gasteiger partial charge on any atom is -0.464 e. The number of ketones is 1. The molecule has 0 spiro atoms. The molecule has 1 atom stereocenters. The molecule has 3 rings (SSSR count). The lowest BCUT2D eigenvalue weighted by Gasteiger charge is -2.28. The smallest absolute Gasteiger partial charge is 0.354 e. The van der Waals surface area contributed by atoms with E-state index < -0.39 is 27.8 Å². The predicted octanol–water partition coefficient (Wildman–Crippen LogP) is 3.59. The minimum absolute atomic E-state index is 0.0360. The first-order valence-corrected chi connectivity index (χ1v) is 12.2. The number of benzene rings is 1. The van der Waals surface area contributed by atoms with Crippen LogP contribution in [0.25, 0.3) is 0 Å². The molecular formula is C25H29N3O5S. The Balaban J connectivity index is 2.11. The van der Waals surface area contributed by atoms with Gasteiger partial charge in [-0.15, -0.1) is 0 Å². The summed E-state index contributed by atoms with van der Waals surface area (Å²) in [4.78, 5) is 30.2. The van der Waals surface area contributed by atoms with Gasteiger partial charge in [0.05, 0.1) is 18.0 Å². The van der Waals surface area contributed by atoms with Crippen LogP contribution in [0.4, 0.5) is 0 Å². The number of carbonyl (C=O) groups excluding carboxylic acids is 2. The van der Waals surface area contributed by atoms with Gasteiger partial charge in [-0.25, -0.2) is 13.2 Å². The van der Waals surface area contributed by atoms with Crippen molar-refractivity contribution < 1.29 is 22.7 Å². The van der Waals surface area contributed by atoms with Crippen molar-refractivity contribution in [3.63, 3.8) is 0 Å². The zero-order valence-corrected chi connectivity index (χ0v) is 21.0. The number of Topliss-reactive ketones (excluding diaryl/α,β-unsaturated/α-hetero) is 1. The van der Waals surface area contributed by atoms with Gasteiger partial charge in [-0.05, 0) is 57.0 Å². The number of ether oxygens (including phenoxy) is 1. The van der Waals surface area contributed by atoms with E-state index in [2.05, 4.69) is 4.98 Å². The molecule has 34 heavy (non-hydrogen) atoms. The molecule has 1 unspecified atom stereocenters. The number of esters is 1. The second-order valence-electron chi connectivity index (χ2n) is 8.25. The number of aryl methyl sites for hydroxylation is 1. The van der Waals surface area contributed by atoms with E-state index in [1.807, 2.05) is 6.92 Å². The first kappa shape index (κ1) is 25.3. The van der Waals surface area contributed by atoms with E-state index >= 15 is 0 Å². The van der Waals surface area contributed by atoms with Crippen molar-refractivity contribution in [3.8, 4) is 0 Å². The zero-order chi connectivity index (χ0) is 25.2. The molecule has 8 nitrogen and oxygen atoms in total. The Hall–Kier alpha value is -3.30. The summed E-state index contributed by atoms with van der Waals surface area (Å²) in [5, 5.41) is 0. The minimum atomic E-state index is -4.03. The Kier molecular flexibility index (Phi) is 7.38. The lowest BCUT2D eigenvalue weighted by Crippen LogP contribution is -2.43. The van der Waals surface area contributed by atoms with Crippen molar-refractivity contribution in [3.05, 3.63) is 82.4 Å². The van der Waals surface area contributed by atoms with E-state index in [-0.39, 0.29) is 17.1 Å². The van der Waals surface area contributed by atoms with Gasteiger partial charge in [-0.2, -0.15) is 4.31 Å². The molecule has 2 aromatic heterocycles. The number of sulfonamides is 1. The van der Waals surface area contributed by atoms with Crippen LogP contribution in [0.3, 0.4) is 0 Å². The van der Waals surface area contributed by atoms with Crippen LogP contribution in [0, 0.1) is 20.8 Å². The highest BCUT2D eigenvalue weighted by atomic mass is 32.2.